The Balaban J connectivity index is 1.93. The number of aryl methyl sites for hydroxylation is 1. The minimum Gasteiger partial charge on any atom is -0.497 e. The molecule has 0 radical (unpaired) electrons. The molecular formula is C23H31N3O4. The first-order valence-electron chi connectivity index (χ1n) is 10.7. The lowest BCUT2D eigenvalue weighted by Crippen LogP contribution is -2.43. The first-order chi connectivity index (χ1) is 14.5. The third-order valence-corrected chi connectivity index (χ3v) is 5.58. The summed E-state index contributed by atoms with van der Waals surface area (Å²) in [4.78, 5) is 27.5. The highest BCUT2D eigenvalue weighted by Gasteiger charge is 2.33. The van der Waals surface area contributed by atoms with E-state index in [0.717, 1.165) is 35.7 Å². The second kappa shape index (κ2) is 9.78. The monoisotopic (exact) mass is 413 g/mol. The average Bonchev–Trinajstić information content (AvgIpc) is 3.17. The molecule has 1 aliphatic rings. The molecule has 1 saturated heterocycles. The first kappa shape index (κ1) is 21.9. The Labute approximate surface area is 178 Å². The molecule has 1 aromatic heterocycles. The van der Waals surface area contributed by atoms with Crippen LogP contribution in [0, 0.1) is 5.92 Å². The quantitative estimate of drug-likeness (QED) is 0.650. The zero-order valence-corrected chi connectivity index (χ0v) is 18.3. The van der Waals surface area contributed by atoms with Crippen LogP contribution in [0.25, 0.3) is 5.69 Å². The van der Waals surface area contributed by atoms with Gasteiger partial charge in [-0.2, -0.15) is 5.10 Å². The van der Waals surface area contributed by atoms with Crippen LogP contribution >= 0.6 is 0 Å². The molecule has 162 valence electrons. The Morgan fingerprint density at radius 2 is 1.87 bits per heavy atom. The van der Waals surface area contributed by atoms with Gasteiger partial charge in [0.05, 0.1) is 42.3 Å². The number of methoxy groups -OCH3 is 1. The third kappa shape index (κ3) is 4.35. The van der Waals surface area contributed by atoms with E-state index < -0.39 is 0 Å². The lowest BCUT2D eigenvalue weighted by molar-refractivity contribution is -0.149. The summed E-state index contributed by atoms with van der Waals surface area (Å²) in [7, 11) is 1.63. The van der Waals surface area contributed by atoms with Crippen molar-refractivity contribution in [1.29, 1.82) is 0 Å². The van der Waals surface area contributed by atoms with Gasteiger partial charge in [-0.25, -0.2) is 4.68 Å². The number of ether oxygens (including phenoxy) is 2. The van der Waals surface area contributed by atoms with E-state index in [9.17, 15) is 9.59 Å². The average molecular weight is 414 g/mol. The number of amides is 1. The van der Waals surface area contributed by atoms with Crippen molar-refractivity contribution in [3.8, 4) is 11.4 Å². The van der Waals surface area contributed by atoms with E-state index in [-0.39, 0.29) is 17.8 Å². The van der Waals surface area contributed by atoms with Gasteiger partial charge in [0.2, 0.25) is 0 Å². The second-order valence-corrected chi connectivity index (χ2v) is 7.43. The Bertz CT molecular complexity index is 889. The first-order valence-corrected chi connectivity index (χ1v) is 10.7. The van der Waals surface area contributed by atoms with E-state index in [1.54, 1.807) is 18.9 Å². The molecule has 2 aromatic rings. The molecule has 2 heterocycles. The summed E-state index contributed by atoms with van der Waals surface area (Å²) in [5, 5.41) is 4.76. The van der Waals surface area contributed by atoms with Crippen molar-refractivity contribution in [2.45, 2.75) is 46.5 Å². The molecule has 1 unspecified atom stereocenters. The minimum absolute atomic E-state index is 0.0440. The molecule has 7 nitrogen and oxygen atoms in total. The summed E-state index contributed by atoms with van der Waals surface area (Å²) < 4.78 is 12.3. The Kier molecular flexibility index (Phi) is 7.13. The number of aromatic nitrogens is 2. The summed E-state index contributed by atoms with van der Waals surface area (Å²) in [5.74, 6) is 0.261. The van der Waals surface area contributed by atoms with Crippen LogP contribution in [0.15, 0.2) is 24.3 Å². The molecule has 0 aliphatic carbocycles. The van der Waals surface area contributed by atoms with Gasteiger partial charge in [0.1, 0.15) is 5.75 Å². The molecule has 1 fully saturated rings. The predicted molar refractivity (Wildman–Crippen MR) is 114 cm³/mol. The molecular weight excluding hydrogens is 382 g/mol. The number of benzene rings is 1. The SMILES string of the molecule is CCOC(=O)C1CCCN(C(=O)c2c(CC)nn(-c3ccc(OC)cc3)c2CC)C1. The molecule has 0 N–H and O–H groups in total. The molecule has 1 aliphatic heterocycles. The second-order valence-electron chi connectivity index (χ2n) is 7.43. The van der Waals surface area contributed by atoms with Gasteiger partial charge in [-0.05, 0) is 56.9 Å². The van der Waals surface area contributed by atoms with Crippen molar-refractivity contribution in [3.05, 3.63) is 41.2 Å². The summed E-state index contributed by atoms with van der Waals surface area (Å²) >= 11 is 0. The molecule has 0 bridgehead atoms. The maximum atomic E-state index is 13.5. The van der Waals surface area contributed by atoms with Crippen LogP contribution in [0.2, 0.25) is 0 Å². The molecule has 1 aromatic carbocycles. The van der Waals surface area contributed by atoms with Crippen LogP contribution in [0.1, 0.15) is 55.4 Å². The maximum absolute atomic E-state index is 13.5. The van der Waals surface area contributed by atoms with Crippen LogP contribution < -0.4 is 4.74 Å². The van der Waals surface area contributed by atoms with E-state index in [0.29, 0.717) is 38.1 Å². The predicted octanol–water partition coefficient (Wildman–Crippen LogP) is 3.42. The van der Waals surface area contributed by atoms with Crippen LogP contribution in [-0.4, -0.2) is 53.4 Å². The highest BCUT2D eigenvalue weighted by atomic mass is 16.5. The number of hydrogen-bond acceptors (Lipinski definition) is 5. The van der Waals surface area contributed by atoms with Gasteiger partial charge in [-0.3, -0.25) is 9.59 Å². The van der Waals surface area contributed by atoms with Crippen molar-refractivity contribution in [2.24, 2.45) is 5.92 Å². The topological polar surface area (TPSA) is 73.7 Å². The number of hydrogen-bond donors (Lipinski definition) is 0. The highest BCUT2D eigenvalue weighted by molar-refractivity contribution is 5.97. The third-order valence-electron chi connectivity index (χ3n) is 5.58. The Morgan fingerprint density at radius 1 is 1.13 bits per heavy atom. The molecule has 30 heavy (non-hydrogen) atoms. The maximum Gasteiger partial charge on any atom is 0.310 e. The van der Waals surface area contributed by atoms with Gasteiger partial charge >= 0.3 is 5.97 Å². The minimum atomic E-state index is -0.255. The number of likely N-dealkylation sites (tertiary alicyclic amines) is 1. The smallest absolute Gasteiger partial charge is 0.310 e. The summed E-state index contributed by atoms with van der Waals surface area (Å²) in [6.07, 6.45) is 2.89. The number of nitrogens with zero attached hydrogens (tertiary/aromatic N) is 3. The van der Waals surface area contributed by atoms with Crippen molar-refractivity contribution >= 4 is 11.9 Å². The van der Waals surface area contributed by atoms with E-state index in [4.69, 9.17) is 14.6 Å². The van der Waals surface area contributed by atoms with E-state index in [2.05, 4.69) is 0 Å². The molecule has 1 amide bonds. The fraction of sp³-hybridized carbons (Fsp3) is 0.522. The Hall–Kier alpha value is -2.83. The normalized spacial score (nSPS) is 16.4. The van der Waals surface area contributed by atoms with Gasteiger partial charge in [-0.15, -0.1) is 0 Å². The van der Waals surface area contributed by atoms with Gasteiger partial charge < -0.3 is 14.4 Å². The number of carbonyl (C=O) groups is 2. The number of rotatable bonds is 7. The standard InChI is InChI=1S/C23H31N3O4/c1-5-19-21(22(27)25-14-8-9-16(15-25)23(28)30-7-3)20(6-2)26(24-19)17-10-12-18(29-4)13-11-17/h10-13,16H,5-9,14-15H2,1-4H3. The number of piperidine rings is 1. The molecule has 3 rings (SSSR count). The fourth-order valence-corrected chi connectivity index (χ4v) is 4.03. The lowest BCUT2D eigenvalue weighted by atomic mass is 9.97. The van der Waals surface area contributed by atoms with E-state index in [1.165, 1.54) is 0 Å². The number of carbonyl (C=O) groups excluding carboxylic acids is 2. The van der Waals surface area contributed by atoms with Gasteiger partial charge in [-0.1, -0.05) is 13.8 Å². The summed E-state index contributed by atoms with van der Waals surface area (Å²) in [5.41, 5.74) is 3.23. The fourth-order valence-electron chi connectivity index (χ4n) is 4.03. The summed E-state index contributed by atoms with van der Waals surface area (Å²) in [6.45, 7) is 7.25. The van der Waals surface area contributed by atoms with Crippen molar-refractivity contribution < 1.29 is 19.1 Å². The van der Waals surface area contributed by atoms with Crippen molar-refractivity contribution in [1.82, 2.24) is 14.7 Å². The van der Waals surface area contributed by atoms with Crippen molar-refractivity contribution in [3.63, 3.8) is 0 Å². The zero-order chi connectivity index (χ0) is 21.7. The molecule has 0 spiro atoms. The van der Waals surface area contributed by atoms with E-state index >= 15 is 0 Å². The Morgan fingerprint density at radius 3 is 2.47 bits per heavy atom. The molecule has 7 heteroatoms. The van der Waals surface area contributed by atoms with E-state index in [1.807, 2.05) is 42.8 Å². The van der Waals surface area contributed by atoms with Crippen LogP contribution in [0.3, 0.4) is 0 Å². The van der Waals surface area contributed by atoms with Crippen molar-refractivity contribution in [2.75, 3.05) is 26.8 Å². The van der Waals surface area contributed by atoms with Crippen LogP contribution in [-0.2, 0) is 22.4 Å². The van der Waals surface area contributed by atoms with Crippen LogP contribution in [0.5, 0.6) is 5.75 Å². The van der Waals surface area contributed by atoms with Gasteiger partial charge in [0.25, 0.3) is 5.91 Å². The largest absolute Gasteiger partial charge is 0.497 e. The molecule has 0 saturated carbocycles. The highest BCUT2D eigenvalue weighted by Crippen LogP contribution is 2.26. The zero-order valence-electron chi connectivity index (χ0n) is 18.3. The van der Waals surface area contributed by atoms with Gasteiger partial charge in [0, 0.05) is 13.1 Å². The number of esters is 1. The lowest BCUT2D eigenvalue weighted by Gasteiger charge is -2.31. The molecule has 1 atom stereocenters. The summed E-state index contributed by atoms with van der Waals surface area (Å²) in [6, 6.07) is 7.66. The van der Waals surface area contributed by atoms with Crippen LogP contribution in [0.4, 0.5) is 0 Å². The van der Waals surface area contributed by atoms with Gasteiger partial charge in [0.15, 0.2) is 0 Å².